The number of rotatable bonds is 0. The lowest BCUT2D eigenvalue weighted by molar-refractivity contribution is 0.000106. The summed E-state index contributed by atoms with van der Waals surface area (Å²) >= 11 is 0. The predicted octanol–water partition coefficient (Wildman–Crippen LogP) is 2.84. The molecule has 1 fully saturated rings. The van der Waals surface area contributed by atoms with Crippen molar-refractivity contribution < 1.29 is 14.9 Å². The van der Waals surface area contributed by atoms with Crippen molar-refractivity contribution in [2.45, 2.75) is 24.4 Å². The third-order valence-electron chi connectivity index (χ3n) is 4.75. The molecule has 3 heteroatoms. The normalized spacial score (nSPS) is 30.2. The van der Waals surface area contributed by atoms with Crippen LogP contribution in [0.1, 0.15) is 23.3 Å². The largest absolute Gasteiger partial charge is 0.387 e. The van der Waals surface area contributed by atoms with E-state index in [0.29, 0.717) is 0 Å². The molecular weight excluding hydrogens is 264 g/mol. The summed E-state index contributed by atoms with van der Waals surface area (Å²) in [5.41, 5.74) is 1.84. The molecule has 0 aromatic heterocycles. The van der Waals surface area contributed by atoms with E-state index in [2.05, 4.69) is 24.3 Å². The smallest absolute Gasteiger partial charge is 0.118 e. The molecular formula is C18H14O3. The van der Waals surface area contributed by atoms with Crippen LogP contribution in [0.2, 0.25) is 0 Å². The lowest BCUT2D eigenvalue weighted by atomic mass is 9.84. The first-order valence-corrected chi connectivity index (χ1v) is 7.21. The van der Waals surface area contributed by atoms with Gasteiger partial charge in [0.05, 0.1) is 0 Å². The van der Waals surface area contributed by atoms with Crippen LogP contribution in [0.3, 0.4) is 0 Å². The maximum atomic E-state index is 10.3. The van der Waals surface area contributed by atoms with Crippen molar-refractivity contribution in [2.75, 3.05) is 0 Å². The van der Waals surface area contributed by atoms with Gasteiger partial charge in [-0.2, -0.15) is 0 Å². The average molecular weight is 278 g/mol. The Bertz CT molecular complexity index is 886. The van der Waals surface area contributed by atoms with Gasteiger partial charge in [0.15, 0.2) is 0 Å². The van der Waals surface area contributed by atoms with Gasteiger partial charge < -0.3 is 14.9 Å². The highest BCUT2D eigenvalue weighted by Crippen LogP contribution is 2.53. The first kappa shape index (κ1) is 11.7. The molecule has 2 N–H and O–H groups in total. The highest BCUT2D eigenvalue weighted by Gasteiger charge is 2.54. The standard InChI is InChI=1S/C18H14O3/c19-15-12-6-5-11-7-9-3-1-2-4-10(9)8-13(11)14(12)17-18(21-17)16(15)20/h1-8,15-20H/t15?,16-,17?,18-/m1/s1. The van der Waals surface area contributed by atoms with Crippen LogP contribution in [0, 0.1) is 0 Å². The van der Waals surface area contributed by atoms with E-state index in [1.54, 1.807) is 0 Å². The summed E-state index contributed by atoms with van der Waals surface area (Å²) in [6.07, 6.45) is -2.02. The Labute approximate surface area is 121 Å². The zero-order chi connectivity index (χ0) is 14.1. The highest BCUT2D eigenvalue weighted by atomic mass is 16.6. The fraction of sp³-hybridized carbons (Fsp3) is 0.222. The zero-order valence-electron chi connectivity index (χ0n) is 11.2. The number of epoxide rings is 1. The Balaban J connectivity index is 1.87. The van der Waals surface area contributed by atoms with Gasteiger partial charge in [0.1, 0.15) is 24.4 Å². The molecule has 0 radical (unpaired) electrons. The second-order valence-corrected chi connectivity index (χ2v) is 5.95. The number of benzene rings is 3. The van der Waals surface area contributed by atoms with Crippen LogP contribution in [0.5, 0.6) is 0 Å². The quantitative estimate of drug-likeness (QED) is 0.491. The summed E-state index contributed by atoms with van der Waals surface area (Å²) in [6, 6.07) is 16.5. The molecule has 2 unspecified atom stereocenters. The van der Waals surface area contributed by atoms with Gasteiger partial charge in [-0.1, -0.05) is 36.4 Å². The Hall–Kier alpha value is -1.94. The number of hydrogen-bond acceptors (Lipinski definition) is 3. The first-order chi connectivity index (χ1) is 10.2. The number of aliphatic hydroxyl groups is 2. The van der Waals surface area contributed by atoms with E-state index in [4.69, 9.17) is 4.74 Å². The molecule has 4 atom stereocenters. The molecule has 0 bridgehead atoms. The van der Waals surface area contributed by atoms with Gasteiger partial charge >= 0.3 is 0 Å². The zero-order valence-corrected chi connectivity index (χ0v) is 11.2. The Kier molecular flexibility index (Phi) is 2.13. The maximum absolute atomic E-state index is 10.3. The van der Waals surface area contributed by atoms with Gasteiger partial charge in [-0.15, -0.1) is 0 Å². The molecule has 0 spiro atoms. The van der Waals surface area contributed by atoms with Gasteiger partial charge in [0.2, 0.25) is 0 Å². The maximum Gasteiger partial charge on any atom is 0.118 e. The third kappa shape index (κ3) is 1.48. The van der Waals surface area contributed by atoms with Crippen molar-refractivity contribution in [3.8, 4) is 0 Å². The van der Waals surface area contributed by atoms with Crippen molar-refractivity contribution >= 4 is 21.5 Å². The van der Waals surface area contributed by atoms with Crippen LogP contribution in [0.4, 0.5) is 0 Å². The molecule has 1 aliphatic carbocycles. The minimum Gasteiger partial charge on any atom is -0.387 e. The molecule has 0 saturated carbocycles. The number of ether oxygens (including phenoxy) is 1. The summed E-state index contributed by atoms with van der Waals surface area (Å²) in [4.78, 5) is 0. The fourth-order valence-corrected chi connectivity index (χ4v) is 3.61. The number of hydrogen-bond donors (Lipinski definition) is 2. The van der Waals surface area contributed by atoms with Gasteiger partial charge in [-0.25, -0.2) is 0 Å². The van der Waals surface area contributed by atoms with Gasteiger partial charge in [0, 0.05) is 0 Å². The van der Waals surface area contributed by atoms with E-state index in [9.17, 15) is 10.2 Å². The summed E-state index contributed by atoms with van der Waals surface area (Å²) in [7, 11) is 0. The average Bonchev–Trinajstić information content (AvgIpc) is 3.30. The van der Waals surface area contributed by atoms with E-state index in [1.165, 1.54) is 10.8 Å². The minimum atomic E-state index is -0.861. The van der Waals surface area contributed by atoms with E-state index >= 15 is 0 Å². The lowest BCUT2D eigenvalue weighted by Crippen LogP contribution is -2.29. The number of aliphatic hydroxyl groups excluding tert-OH is 2. The van der Waals surface area contributed by atoms with Crippen molar-refractivity contribution in [1.82, 2.24) is 0 Å². The van der Waals surface area contributed by atoms with E-state index < -0.39 is 12.2 Å². The molecule has 3 nitrogen and oxygen atoms in total. The summed E-state index contributed by atoms with van der Waals surface area (Å²) in [6.45, 7) is 0. The minimum absolute atomic E-state index is 0.0803. The van der Waals surface area contributed by atoms with Crippen molar-refractivity contribution in [2.24, 2.45) is 0 Å². The molecule has 5 rings (SSSR count). The van der Waals surface area contributed by atoms with Crippen molar-refractivity contribution in [1.29, 1.82) is 0 Å². The third-order valence-corrected chi connectivity index (χ3v) is 4.75. The first-order valence-electron chi connectivity index (χ1n) is 7.21. The second kappa shape index (κ2) is 3.83. The topological polar surface area (TPSA) is 53.0 Å². The van der Waals surface area contributed by atoms with Crippen LogP contribution in [0.15, 0.2) is 48.5 Å². The molecule has 1 aliphatic heterocycles. The van der Waals surface area contributed by atoms with Crippen LogP contribution in [0.25, 0.3) is 21.5 Å². The molecule has 3 aromatic rings. The van der Waals surface area contributed by atoms with Gasteiger partial charge in [0.25, 0.3) is 0 Å². The van der Waals surface area contributed by atoms with Gasteiger partial charge in [-0.05, 0) is 44.8 Å². The Morgan fingerprint density at radius 2 is 1.62 bits per heavy atom. The van der Waals surface area contributed by atoms with Crippen LogP contribution in [-0.2, 0) is 4.74 Å². The highest BCUT2D eigenvalue weighted by molar-refractivity contribution is 6.00. The fourth-order valence-electron chi connectivity index (χ4n) is 3.61. The van der Waals surface area contributed by atoms with E-state index in [1.807, 2.05) is 24.3 Å². The van der Waals surface area contributed by atoms with Crippen molar-refractivity contribution in [3.63, 3.8) is 0 Å². The molecule has 2 aliphatic rings. The molecule has 1 saturated heterocycles. The summed E-state index contributed by atoms with van der Waals surface area (Å²) in [5, 5.41) is 24.9. The summed E-state index contributed by atoms with van der Waals surface area (Å²) in [5.74, 6) is 0. The Morgan fingerprint density at radius 1 is 0.857 bits per heavy atom. The van der Waals surface area contributed by atoms with Crippen molar-refractivity contribution in [3.05, 3.63) is 59.7 Å². The SMILES string of the molecule is OC1c2ccc3cc4ccccc4cc3c2C2O[C@@H]2[C@@H]1O. The number of fused-ring (bicyclic) bond motifs is 6. The van der Waals surface area contributed by atoms with E-state index in [-0.39, 0.29) is 12.2 Å². The second-order valence-electron chi connectivity index (χ2n) is 5.95. The predicted molar refractivity (Wildman–Crippen MR) is 80.0 cm³/mol. The molecule has 1 heterocycles. The van der Waals surface area contributed by atoms with Gasteiger partial charge in [-0.3, -0.25) is 0 Å². The molecule has 104 valence electrons. The van der Waals surface area contributed by atoms with Crippen LogP contribution < -0.4 is 0 Å². The lowest BCUT2D eigenvalue weighted by Gasteiger charge is -2.24. The summed E-state index contributed by atoms with van der Waals surface area (Å²) < 4.78 is 5.60. The molecule has 0 amide bonds. The van der Waals surface area contributed by atoms with Crippen LogP contribution >= 0.6 is 0 Å². The van der Waals surface area contributed by atoms with E-state index in [0.717, 1.165) is 21.9 Å². The monoisotopic (exact) mass is 278 g/mol. The molecule has 21 heavy (non-hydrogen) atoms. The Morgan fingerprint density at radius 3 is 2.43 bits per heavy atom. The molecule has 3 aromatic carbocycles. The van der Waals surface area contributed by atoms with Crippen LogP contribution in [-0.4, -0.2) is 22.4 Å².